The Kier molecular flexibility index (Phi) is 6.22. The van der Waals surface area contributed by atoms with Crippen LogP contribution < -0.4 is 10.6 Å². The summed E-state index contributed by atoms with van der Waals surface area (Å²) in [4.78, 5) is 38.0. The molecule has 0 fully saturated rings. The molecule has 1 aliphatic rings. The number of benzene rings is 2. The predicted octanol–water partition coefficient (Wildman–Crippen LogP) is 2.76. The highest BCUT2D eigenvalue weighted by molar-refractivity contribution is 6.36. The number of hydrogen-bond acceptors (Lipinski definition) is 5. The van der Waals surface area contributed by atoms with Crippen LogP contribution in [-0.2, 0) is 19.1 Å². The SMILES string of the molecule is COCCN1C(=O)C(Nc2ccc(F)c(F)c2)=C(c2ccc(NC(C)=O)cc2)C1=O. The lowest BCUT2D eigenvalue weighted by Gasteiger charge is -2.14. The maximum Gasteiger partial charge on any atom is 0.278 e. The molecular formula is C21H19F2N3O4. The van der Waals surface area contributed by atoms with Gasteiger partial charge in [-0.05, 0) is 29.8 Å². The van der Waals surface area contributed by atoms with Crippen LogP contribution in [0.2, 0.25) is 0 Å². The fourth-order valence-corrected chi connectivity index (χ4v) is 2.99. The molecule has 30 heavy (non-hydrogen) atoms. The van der Waals surface area contributed by atoms with Gasteiger partial charge in [0.15, 0.2) is 11.6 Å². The first-order chi connectivity index (χ1) is 14.3. The number of anilines is 2. The van der Waals surface area contributed by atoms with Crippen molar-refractivity contribution in [2.24, 2.45) is 0 Å². The molecule has 1 heterocycles. The summed E-state index contributed by atoms with van der Waals surface area (Å²) in [5.74, 6) is -3.52. The molecule has 0 bridgehead atoms. The number of nitrogens with one attached hydrogen (secondary N) is 2. The van der Waals surface area contributed by atoms with Crippen LogP contribution in [0.4, 0.5) is 20.2 Å². The van der Waals surface area contributed by atoms with Gasteiger partial charge in [0.05, 0.1) is 18.7 Å². The number of methoxy groups -OCH3 is 1. The minimum atomic E-state index is -1.09. The van der Waals surface area contributed by atoms with Gasteiger partial charge in [-0.2, -0.15) is 0 Å². The van der Waals surface area contributed by atoms with E-state index in [1.165, 1.54) is 20.1 Å². The summed E-state index contributed by atoms with van der Waals surface area (Å²) in [7, 11) is 1.45. The van der Waals surface area contributed by atoms with Crippen LogP contribution in [0.1, 0.15) is 12.5 Å². The van der Waals surface area contributed by atoms with E-state index in [0.717, 1.165) is 17.0 Å². The Balaban J connectivity index is 2.01. The van der Waals surface area contributed by atoms with Crippen molar-refractivity contribution in [3.8, 4) is 0 Å². The molecule has 9 heteroatoms. The maximum absolute atomic E-state index is 13.6. The molecule has 7 nitrogen and oxygen atoms in total. The van der Waals surface area contributed by atoms with Crippen LogP contribution in [0.25, 0.3) is 5.57 Å². The van der Waals surface area contributed by atoms with Crippen LogP contribution >= 0.6 is 0 Å². The van der Waals surface area contributed by atoms with E-state index >= 15 is 0 Å². The smallest absolute Gasteiger partial charge is 0.278 e. The Morgan fingerprint density at radius 3 is 2.27 bits per heavy atom. The highest BCUT2D eigenvalue weighted by atomic mass is 19.2. The lowest BCUT2D eigenvalue weighted by atomic mass is 10.0. The quantitative estimate of drug-likeness (QED) is 0.679. The minimum Gasteiger partial charge on any atom is -0.383 e. The number of amides is 3. The third-order valence-electron chi connectivity index (χ3n) is 4.37. The van der Waals surface area contributed by atoms with Crippen LogP contribution in [0.5, 0.6) is 0 Å². The number of carbonyl (C=O) groups excluding carboxylic acids is 3. The monoisotopic (exact) mass is 415 g/mol. The summed E-state index contributed by atoms with van der Waals surface area (Å²) in [6.07, 6.45) is 0. The van der Waals surface area contributed by atoms with Gasteiger partial charge in [0, 0.05) is 31.5 Å². The molecule has 3 rings (SSSR count). The van der Waals surface area contributed by atoms with Crippen molar-refractivity contribution in [1.29, 1.82) is 0 Å². The number of nitrogens with zero attached hydrogens (tertiary/aromatic N) is 1. The van der Waals surface area contributed by atoms with Gasteiger partial charge in [-0.15, -0.1) is 0 Å². The number of imide groups is 1. The summed E-state index contributed by atoms with van der Waals surface area (Å²) in [5, 5.41) is 5.36. The maximum atomic E-state index is 13.6. The summed E-state index contributed by atoms with van der Waals surface area (Å²) in [6, 6.07) is 9.43. The molecule has 0 saturated heterocycles. The molecule has 2 aromatic carbocycles. The fraction of sp³-hybridized carbons (Fsp3) is 0.190. The number of hydrogen-bond donors (Lipinski definition) is 2. The molecule has 0 unspecified atom stereocenters. The highest BCUT2D eigenvalue weighted by Gasteiger charge is 2.39. The molecule has 1 aliphatic heterocycles. The van der Waals surface area contributed by atoms with Crippen LogP contribution in [0.15, 0.2) is 48.2 Å². The van der Waals surface area contributed by atoms with E-state index in [4.69, 9.17) is 4.74 Å². The molecule has 0 aromatic heterocycles. The van der Waals surface area contributed by atoms with Crippen molar-refractivity contribution in [2.45, 2.75) is 6.92 Å². The molecule has 0 radical (unpaired) electrons. The summed E-state index contributed by atoms with van der Waals surface area (Å²) >= 11 is 0. The number of ether oxygens (including phenoxy) is 1. The summed E-state index contributed by atoms with van der Waals surface area (Å²) in [6.45, 7) is 1.54. The molecule has 156 valence electrons. The molecule has 2 aromatic rings. The van der Waals surface area contributed by atoms with E-state index < -0.39 is 23.4 Å². The Labute approximate surface area is 171 Å². The largest absolute Gasteiger partial charge is 0.383 e. The zero-order chi connectivity index (χ0) is 21.8. The minimum absolute atomic E-state index is 0.0323. The number of halogens is 2. The van der Waals surface area contributed by atoms with Crippen molar-refractivity contribution >= 4 is 34.7 Å². The zero-order valence-corrected chi connectivity index (χ0v) is 16.3. The van der Waals surface area contributed by atoms with Crippen molar-refractivity contribution in [3.63, 3.8) is 0 Å². The van der Waals surface area contributed by atoms with Gasteiger partial charge in [-0.3, -0.25) is 19.3 Å². The number of carbonyl (C=O) groups is 3. The van der Waals surface area contributed by atoms with Crippen LogP contribution in [-0.4, -0.2) is 42.9 Å². The third kappa shape index (κ3) is 4.36. The molecular weight excluding hydrogens is 396 g/mol. The Morgan fingerprint density at radius 2 is 1.67 bits per heavy atom. The average Bonchev–Trinajstić information content (AvgIpc) is 2.93. The molecule has 0 atom stereocenters. The molecule has 2 N–H and O–H groups in total. The van der Waals surface area contributed by atoms with Crippen molar-refractivity contribution in [3.05, 3.63) is 65.4 Å². The predicted molar refractivity (Wildman–Crippen MR) is 106 cm³/mol. The number of rotatable bonds is 7. The van der Waals surface area contributed by atoms with Crippen molar-refractivity contribution in [2.75, 3.05) is 30.9 Å². The van der Waals surface area contributed by atoms with Crippen LogP contribution in [0.3, 0.4) is 0 Å². The van der Waals surface area contributed by atoms with E-state index in [0.29, 0.717) is 11.3 Å². The third-order valence-corrected chi connectivity index (χ3v) is 4.37. The van der Waals surface area contributed by atoms with Crippen LogP contribution in [0, 0.1) is 11.6 Å². The second kappa shape index (κ2) is 8.83. The zero-order valence-electron chi connectivity index (χ0n) is 16.3. The lowest BCUT2D eigenvalue weighted by Crippen LogP contribution is -2.35. The Bertz CT molecular complexity index is 1040. The fourth-order valence-electron chi connectivity index (χ4n) is 2.99. The molecule has 0 saturated carbocycles. The Morgan fingerprint density at radius 1 is 1.00 bits per heavy atom. The first-order valence-corrected chi connectivity index (χ1v) is 9.01. The summed E-state index contributed by atoms with van der Waals surface area (Å²) in [5.41, 5.74) is 1.08. The van der Waals surface area contributed by atoms with E-state index in [1.54, 1.807) is 24.3 Å². The van der Waals surface area contributed by atoms with Gasteiger partial charge in [0.25, 0.3) is 11.8 Å². The molecule has 0 aliphatic carbocycles. The van der Waals surface area contributed by atoms with Gasteiger partial charge in [0.1, 0.15) is 5.70 Å². The van der Waals surface area contributed by atoms with Gasteiger partial charge >= 0.3 is 0 Å². The van der Waals surface area contributed by atoms with Gasteiger partial charge in [-0.1, -0.05) is 12.1 Å². The normalized spacial score (nSPS) is 13.8. The lowest BCUT2D eigenvalue weighted by molar-refractivity contribution is -0.137. The molecule has 0 spiro atoms. The van der Waals surface area contributed by atoms with Gasteiger partial charge in [-0.25, -0.2) is 8.78 Å². The van der Waals surface area contributed by atoms with E-state index in [2.05, 4.69) is 10.6 Å². The van der Waals surface area contributed by atoms with Crippen molar-refractivity contribution < 1.29 is 27.9 Å². The highest BCUT2D eigenvalue weighted by Crippen LogP contribution is 2.31. The standard InChI is InChI=1S/C21H19F2N3O4/c1-12(27)24-14-5-3-13(4-6-14)18-19(21(29)26(20(18)28)9-10-30-2)25-15-7-8-16(22)17(23)11-15/h3-8,11,25H,9-10H2,1-2H3,(H,24,27). The average molecular weight is 415 g/mol. The Hall–Kier alpha value is -3.59. The topological polar surface area (TPSA) is 87.7 Å². The van der Waals surface area contributed by atoms with E-state index in [-0.39, 0.29) is 36.0 Å². The molecule has 3 amide bonds. The van der Waals surface area contributed by atoms with Gasteiger partial charge < -0.3 is 15.4 Å². The summed E-state index contributed by atoms with van der Waals surface area (Å²) < 4.78 is 31.8. The second-order valence-electron chi connectivity index (χ2n) is 6.52. The first-order valence-electron chi connectivity index (χ1n) is 9.01. The van der Waals surface area contributed by atoms with Gasteiger partial charge in [0.2, 0.25) is 5.91 Å². The second-order valence-corrected chi connectivity index (χ2v) is 6.52. The van der Waals surface area contributed by atoms with E-state index in [1.807, 2.05) is 0 Å². The first kappa shape index (κ1) is 21.1. The van der Waals surface area contributed by atoms with Crippen molar-refractivity contribution in [1.82, 2.24) is 4.90 Å². The van der Waals surface area contributed by atoms with E-state index in [9.17, 15) is 23.2 Å².